The van der Waals surface area contributed by atoms with Crippen LogP contribution in [0.4, 0.5) is 0 Å². The van der Waals surface area contributed by atoms with Gasteiger partial charge in [0.1, 0.15) is 31.0 Å². The monoisotopic (exact) mass is 779 g/mol. The van der Waals surface area contributed by atoms with Crippen molar-refractivity contribution in [2.24, 2.45) is 0 Å². The first-order valence-electron chi connectivity index (χ1n) is 21.7. The summed E-state index contributed by atoms with van der Waals surface area (Å²) in [6, 6.07) is 0. The van der Waals surface area contributed by atoms with E-state index in [0.29, 0.717) is 12.8 Å². The van der Waals surface area contributed by atoms with Crippen molar-refractivity contribution in [2.45, 2.75) is 205 Å². The van der Waals surface area contributed by atoms with Crippen LogP contribution in [0.3, 0.4) is 0 Å². The number of carbonyl (C=O) groups is 2. The Kier molecular flexibility index (Phi) is 33.2. The zero-order valence-electron chi connectivity index (χ0n) is 34.4. The third-order valence-electron chi connectivity index (χ3n) is 9.72. The maximum atomic E-state index is 12.7. The van der Waals surface area contributed by atoms with Crippen LogP contribution < -0.4 is 0 Å². The maximum absolute atomic E-state index is 12.7. The summed E-state index contributed by atoms with van der Waals surface area (Å²) in [5, 5.41) is 40.0. The average Bonchev–Trinajstić information content (AvgIpc) is 3.18. The van der Waals surface area contributed by atoms with Gasteiger partial charge in [0.15, 0.2) is 12.4 Å². The number of hydrogen-bond acceptors (Lipinski definition) is 10. The Morgan fingerprint density at radius 2 is 1.04 bits per heavy atom. The normalized spacial score (nSPS) is 21.0. The Balaban J connectivity index is 2.40. The molecule has 1 aliphatic rings. The lowest BCUT2D eigenvalue weighted by Crippen LogP contribution is -2.59. The summed E-state index contributed by atoms with van der Waals surface area (Å²) in [6.45, 7) is 3.33. The van der Waals surface area contributed by atoms with E-state index >= 15 is 0 Å². The molecule has 0 aromatic rings. The molecule has 0 bridgehead atoms. The molecule has 0 amide bonds. The van der Waals surface area contributed by atoms with Crippen LogP contribution in [0.15, 0.2) is 48.6 Å². The van der Waals surface area contributed by atoms with Crippen molar-refractivity contribution in [3.05, 3.63) is 48.6 Å². The van der Waals surface area contributed by atoms with Crippen LogP contribution >= 0.6 is 0 Å². The number of aliphatic hydroxyl groups is 4. The molecule has 1 saturated heterocycles. The van der Waals surface area contributed by atoms with Crippen molar-refractivity contribution in [3.8, 4) is 0 Å². The highest BCUT2D eigenvalue weighted by Crippen LogP contribution is 2.22. The number of rotatable bonds is 35. The second-order valence-corrected chi connectivity index (χ2v) is 14.8. The second kappa shape index (κ2) is 36.0. The summed E-state index contributed by atoms with van der Waals surface area (Å²) in [5.41, 5.74) is 0. The van der Waals surface area contributed by atoms with Crippen molar-refractivity contribution < 1.29 is 49.0 Å². The molecule has 0 spiro atoms. The van der Waals surface area contributed by atoms with Crippen molar-refractivity contribution in [1.29, 1.82) is 0 Å². The van der Waals surface area contributed by atoms with Gasteiger partial charge in [-0.05, 0) is 51.4 Å². The number of unbranched alkanes of at least 4 members (excludes halogenated alkanes) is 16. The summed E-state index contributed by atoms with van der Waals surface area (Å²) < 4.78 is 22.1. The van der Waals surface area contributed by atoms with Gasteiger partial charge in [0.25, 0.3) is 0 Å². The molecule has 10 nitrogen and oxygen atoms in total. The van der Waals surface area contributed by atoms with Gasteiger partial charge in [-0.2, -0.15) is 0 Å². The highest BCUT2D eigenvalue weighted by Gasteiger charge is 2.44. The Labute approximate surface area is 333 Å². The quantitative estimate of drug-likeness (QED) is 0.0279. The average molecular weight is 779 g/mol. The van der Waals surface area contributed by atoms with Crippen molar-refractivity contribution >= 4 is 11.9 Å². The minimum Gasteiger partial charge on any atom is -0.462 e. The third-order valence-corrected chi connectivity index (χ3v) is 9.72. The van der Waals surface area contributed by atoms with Crippen molar-refractivity contribution in [2.75, 3.05) is 19.8 Å². The summed E-state index contributed by atoms with van der Waals surface area (Å²) in [4.78, 5) is 25.2. The molecule has 1 heterocycles. The molecular weight excluding hydrogens is 700 g/mol. The SMILES string of the molecule is CCCCC/C=C\C/C=C\C/C=C\C/C=C\CCCC(=O)OC(COC(=O)CCCCCCCCCCCCCCC)CO[C@@H]1O[C@H](CO)[C@H](O)[C@H](O)[C@H]1O. The minimum absolute atomic E-state index is 0.154. The van der Waals surface area contributed by atoms with Gasteiger partial charge in [-0.15, -0.1) is 0 Å². The molecule has 4 N–H and O–H groups in total. The zero-order chi connectivity index (χ0) is 40.2. The van der Waals surface area contributed by atoms with Crippen LogP contribution in [0, 0.1) is 0 Å². The number of ether oxygens (including phenoxy) is 4. The predicted octanol–water partition coefficient (Wildman–Crippen LogP) is 8.88. The second-order valence-electron chi connectivity index (χ2n) is 14.8. The Hall–Kier alpha value is -2.34. The minimum atomic E-state index is -1.60. The van der Waals surface area contributed by atoms with E-state index in [2.05, 4.69) is 56.4 Å². The first-order chi connectivity index (χ1) is 26.8. The molecule has 0 aromatic carbocycles. The largest absolute Gasteiger partial charge is 0.462 e. The molecule has 1 fully saturated rings. The van der Waals surface area contributed by atoms with Gasteiger partial charge in [-0.1, -0.05) is 152 Å². The van der Waals surface area contributed by atoms with Crippen LogP contribution in [0.2, 0.25) is 0 Å². The van der Waals surface area contributed by atoms with Gasteiger partial charge < -0.3 is 39.4 Å². The first kappa shape index (κ1) is 50.7. The van der Waals surface area contributed by atoms with Gasteiger partial charge >= 0.3 is 11.9 Å². The van der Waals surface area contributed by atoms with Crippen LogP contribution in [-0.4, -0.2) is 89.0 Å². The molecule has 1 unspecified atom stereocenters. The highest BCUT2D eigenvalue weighted by atomic mass is 16.7. The lowest BCUT2D eigenvalue weighted by molar-refractivity contribution is -0.305. The van der Waals surface area contributed by atoms with E-state index in [1.165, 1.54) is 83.5 Å². The topological polar surface area (TPSA) is 152 Å². The van der Waals surface area contributed by atoms with E-state index in [4.69, 9.17) is 18.9 Å². The van der Waals surface area contributed by atoms with E-state index in [1.54, 1.807) is 0 Å². The first-order valence-corrected chi connectivity index (χ1v) is 21.7. The van der Waals surface area contributed by atoms with Crippen LogP contribution in [0.5, 0.6) is 0 Å². The van der Waals surface area contributed by atoms with E-state index in [1.807, 2.05) is 6.08 Å². The Morgan fingerprint density at radius 1 is 0.564 bits per heavy atom. The van der Waals surface area contributed by atoms with Crippen molar-refractivity contribution in [3.63, 3.8) is 0 Å². The zero-order valence-corrected chi connectivity index (χ0v) is 34.4. The fraction of sp³-hybridized carbons (Fsp3) is 0.778. The Morgan fingerprint density at radius 3 is 1.58 bits per heavy atom. The fourth-order valence-electron chi connectivity index (χ4n) is 6.24. The molecule has 55 heavy (non-hydrogen) atoms. The van der Waals surface area contributed by atoms with Gasteiger partial charge in [0.2, 0.25) is 0 Å². The van der Waals surface area contributed by atoms with Crippen molar-refractivity contribution in [1.82, 2.24) is 0 Å². The predicted molar refractivity (Wildman–Crippen MR) is 219 cm³/mol. The molecule has 6 atom stereocenters. The summed E-state index contributed by atoms with van der Waals surface area (Å²) in [6.07, 6.45) is 34.1. The van der Waals surface area contributed by atoms with E-state index in [0.717, 1.165) is 44.9 Å². The molecule has 1 rings (SSSR count). The summed E-state index contributed by atoms with van der Waals surface area (Å²) >= 11 is 0. The molecule has 318 valence electrons. The lowest BCUT2D eigenvalue weighted by atomic mass is 9.99. The van der Waals surface area contributed by atoms with Gasteiger partial charge in [0.05, 0.1) is 13.2 Å². The summed E-state index contributed by atoms with van der Waals surface area (Å²) in [5.74, 6) is -0.872. The Bertz CT molecular complexity index is 1040. The molecular formula is C45H78O10. The molecule has 0 aliphatic carbocycles. The number of aliphatic hydroxyl groups excluding tert-OH is 4. The van der Waals surface area contributed by atoms with E-state index < -0.39 is 55.4 Å². The van der Waals surface area contributed by atoms with E-state index in [9.17, 15) is 30.0 Å². The smallest absolute Gasteiger partial charge is 0.306 e. The number of allylic oxidation sites excluding steroid dienone is 8. The molecule has 0 saturated carbocycles. The van der Waals surface area contributed by atoms with Gasteiger partial charge in [-0.3, -0.25) is 9.59 Å². The fourth-order valence-corrected chi connectivity index (χ4v) is 6.24. The number of carbonyl (C=O) groups excluding carboxylic acids is 2. The maximum Gasteiger partial charge on any atom is 0.306 e. The molecule has 10 heteroatoms. The summed E-state index contributed by atoms with van der Waals surface area (Å²) in [7, 11) is 0. The van der Waals surface area contributed by atoms with Crippen LogP contribution in [0.25, 0.3) is 0 Å². The highest BCUT2D eigenvalue weighted by molar-refractivity contribution is 5.70. The number of hydrogen-bond donors (Lipinski definition) is 4. The van der Waals surface area contributed by atoms with Gasteiger partial charge in [0, 0.05) is 12.8 Å². The van der Waals surface area contributed by atoms with E-state index in [-0.39, 0.29) is 26.1 Å². The third kappa shape index (κ3) is 27.8. The van der Waals surface area contributed by atoms with Gasteiger partial charge in [-0.25, -0.2) is 0 Å². The van der Waals surface area contributed by atoms with Crippen LogP contribution in [0.1, 0.15) is 168 Å². The molecule has 0 aromatic heterocycles. The van der Waals surface area contributed by atoms with Crippen LogP contribution in [-0.2, 0) is 28.5 Å². The lowest BCUT2D eigenvalue weighted by Gasteiger charge is -2.39. The number of esters is 2. The molecule has 0 radical (unpaired) electrons. The molecule has 1 aliphatic heterocycles. The standard InChI is InChI=1S/C45H78O10/c1-3-5-7-9-11-13-15-17-18-19-20-22-24-26-28-30-32-34-41(48)54-38(37-53-45-44(51)43(50)42(49)39(35-46)55-45)36-52-40(47)33-31-29-27-25-23-21-16-14-12-10-8-6-4-2/h11,13,17-18,20,22,26,28,38-39,42-46,49-51H,3-10,12,14-16,19,21,23-25,27,29-37H2,1-2H3/b13-11-,18-17-,22-20-,28-26-/t38?,39-,42+,43+,44-,45-/m1/s1.